The van der Waals surface area contributed by atoms with Crippen molar-refractivity contribution < 1.29 is 9.59 Å². The summed E-state index contributed by atoms with van der Waals surface area (Å²) in [5.41, 5.74) is 5.48. The molecule has 6 nitrogen and oxygen atoms in total. The summed E-state index contributed by atoms with van der Waals surface area (Å²) in [5.74, 6) is 0.0622. The normalized spacial score (nSPS) is 11.1. The molecule has 0 bridgehead atoms. The van der Waals surface area contributed by atoms with Gasteiger partial charge < -0.3 is 16.4 Å². The highest BCUT2D eigenvalue weighted by Crippen LogP contribution is 2.11. The maximum absolute atomic E-state index is 12.7. The number of imide groups is 1. The van der Waals surface area contributed by atoms with E-state index in [1.54, 1.807) is 4.90 Å². The van der Waals surface area contributed by atoms with Gasteiger partial charge in [0.15, 0.2) is 0 Å². The molecule has 190 valence electrons. The van der Waals surface area contributed by atoms with Crippen LogP contribution in [0.2, 0.25) is 0 Å². The first kappa shape index (κ1) is 31.0. The Hall–Kier alpha value is -0.980. The van der Waals surface area contributed by atoms with Gasteiger partial charge >= 0.3 is 0 Å². The monoisotopic (exact) mass is 454 g/mol. The van der Waals surface area contributed by atoms with Gasteiger partial charge in [0.1, 0.15) is 0 Å². The van der Waals surface area contributed by atoms with E-state index >= 15 is 0 Å². The zero-order valence-corrected chi connectivity index (χ0v) is 21.4. The van der Waals surface area contributed by atoms with Gasteiger partial charge in [0, 0.05) is 19.4 Å². The van der Waals surface area contributed by atoms with Gasteiger partial charge in [-0.3, -0.25) is 14.5 Å². The quantitative estimate of drug-likeness (QED) is 0.183. The van der Waals surface area contributed by atoms with E-state index in [-0.39, 0.29) is 11.8 Å². The van der Waals surface area contributed by atoms with Gasteiger partial charge in [-0.25, -0.2) is 0 Å². The lowest BCUT2D eigenvalue weighted by molar-refractivity contribution is -0.145. The molecule has 2 amide bonds. The van der Waals surface area contributed by atoms with E-state index in [1.807, 2.05) is 0 Å². The fourth-order valence-corrected chi connectivity index (χ4v) is 3.76. The number of nitrogens with zero attached hydrogens (tertiary/aromatic N) is 1. The van der Waals surface area contributed by atoms with Crippen molar-refractivity contribution in [3.8, 4) is 0 Å². The van der Waals surface area contributed by atoms with Gasteiger partial charge in [-0.05, 0) is 71.2 Å². The number of unbranched alkanes of at least 4 members (excludes halogenated alkanes) is 9. The van der Waals surface area contributed by atoms with Crippen molar-refractivity contribution in [2.24, 2.45) is 5.73 Å². The van der Waals surface area contributed by atoms with Crippen molar-refractivity contribution in [3.05, 3.63) is 0 Å². The molecular weight excluding hydrogens is 400 g/mol. The molecule has 0 aliphatic carbocycles. The molecule has 0 rings (SSSR count). The first-order chi connectivity index (χ1) is 15.7. The maximum Gasteiger partial charge on any atom is 0.229 e. The van der Waals surface area contributed by atoms with Crippen molar-refractivity contribution in [2.45, 2.75) is 117 Å². The predicted octanol–water partition coefficient (Wildman–Crippen LogP) is 4.76. The Balaban J connectivity index is 4.14. The van der Waals surface area contributed by atoms with Crippen LogP contribution >= 0.6 is 0 Å². The van der Waals surface area contributed by atoms with Gasteiger partial charge in [0.05, 0.1) is 0 Å². The van der Waals surface area contributed by atoms with E-state index in [0.29, 0.717) is 19.4 Å². The van der Waals surface area contributed by atoms with Gasteiger partial charge in [-0.1, -0.05) is 65.2 Å². The molecule has 0 fully saturated rings. The number of carbonyl (C=O) groups excluding carboxylic acids is 2. The van der Waals surface area contributed by atoms with Gasteiger partial charge in [-0.15, -0.1) is 0 Å². The van der Waals surface area contributed by atoms with Gasteiger partial charge in [0.25, 0.3) is 0 Å². The number of hydrogen-bond donors (Lipinski definition) is 3. The molecule has 0 saturated carbocycles. The average Bonchev–Trinajstić information content (AvgIpc) is 2.79. The topological polar surface area (TPSA) is 87.5 Å². The number of amides is 2. The molecule has 0 unspecified atom stereocenters. The highest BCUT2D eigenvalue weighted by atomic mass is 16.2. The number of carbonyl (C=O) groups is 2. The molecule has 0 aliphatic heterocycles. The molecule has 0 atom stereocenters. The van der Waals surface area contributed by atoms with Crippen molar-refractivity contribution in [3.63, 3.8) is 0 Å². The smallest absolute Gasteiger partial charge is 0.229 e. The minimum atomic E-state index is 0.0311. The number of hydrogen-bond acceptors (Lipinski definition) is 5. The second-order valence-corrected chi connectivity index (χ2v) is 8.97. The summed E-state index contributed by atoms with van der Waals surface area (Å²) in [6.07, 6.45) is 16.4. The van der Waals surface area contributed by atoms with Crippen molar-refractivity contribution >= 4 is 11.8 Å². The Kier molecular flexibility index (Phi) is 23.9. The second kappa shape index (κ2) is 24.7. The van der Waals surface area contributed by atoms with Gasteiger partial charge in [-0.2, -0.15) is 0 Å². The lowest BCUT2D eigenvalue weighted by atomic mass is 10.1. The van der Waals surface area contributed by atoms with E-state index in [4.69, 9.17) is 5.73 Å². The third-order valence-electron chi connectivity index (χ3n) is 5.84. The summed E-state index contributed by atoms with van der Waals surface area (Å²) in [7, 11) is 0. The summed E-state index contributed by atoms with van der Waals surface area (Å²) < 4.78 is 0. The molecule has 0 aromatic carbocycles. The van der Waals surface area contributed by atoms with Crippen LogP contribution in [0.4, 0.5) is 0 Å². The van der Waals surface area contributed by atoms with Crippen LogP contribution in [0.5, 0.6) is 0 Å². The average molecular weight is 455 g/mol. The van der Waals surface area contributed by atoms with Crippen LogP contribution in [-0.2, 0) is 9.59 Å². The van der Waals surface area contributed by atoms with Crippen LogP contribution in [-0.4, -0.2) is 56.0 Å². The lowest BCUT2D eigenvalue weighted by Gasteiger charge is -2.21. The molecule has 0 aliphatic rings. The molecule has 32 heavy (non-hydrogen) atoms. The Morgan fingerprint density at radius 2 is 1.03 bits per heavy atom. The fraction of sp³-hybridized carbons (Fsp3) is 0.923. The Morgan fingerprint density at radius 1 is 0.594 bits per heavy atom. The zero-order chi connectivity index (χ0) is 23.7. The Morgan fingerprint density at radius 3 is 1.50 bits per heavy atom. The van der Waals surface area contributed by atoms with E-state index in [0.717, 1.165) is 84.1 Å². The van der Waals surface area contributed by atoms with Crippen molar-refractivity contribution in [1.82, 2.24) is 15.5 Å². The van der Waals surface area contributed by atoms with Crippen LogP contribution in [0.3, 0.4) is 0 Å². The summed E-state index contributed by atoms with van der Waals surface area (Å²) in [6, 6.07) is 0. The molecule has 0 radical (unpaired) electrons. The first-order valence-corrected chi connectivity index (χ1v) is 13.6. The molecule has 0 aromatic rings. The third-order valence-corrected chi connectivity index (χ3v) is 5.84. The van der Waals surface area contributed by atoms with Crippen LogP contribution in [0, 0.1) is 0 Å². The van der Waals surface area contributed by atoms with Crippen LogP contribution in [0.1, 0.15) is 117 Å². The third kappa shape index (κ3) is 19.7. The lowest BCUT2D eigenvalue weighted by Crippen LogP contribution is -2.38. The van der Waals surface area contributed by atoms with Gasteiger partial charge in [0.2, 0.25) is 11.8 Å². The molecule has 0 aromatic heterocycles. The highest BCUT2D eigenvalue weighted by molar-refractivity contribution is 5.95. The predicted molar refractivity (Wildman–Crippen MR) is 137 cm³/mol. The van der Waals surface area contributed by atoms with E-state index in [9.17, 15) is 9.59 Å². The van der Waals surface area contributed by atoms with E-state index < -0.39 is 0 Å². The summed E-state index contributed by atoms with van der Waals surface area (Å²) in [6.45, 7) is 9.55. The summed E-state index contributed by atoms with van der Waals surface area (Å²) in [5, 5.41) is 6.85. The van der Waals surface area contributed by atoms with Crippen LogP contribution in [0.15, 0.2) is 0 Å². The van der Waals surface area contributed by atoms with Crippen molar-refractivity contribution in [2.75, 3.05) is 39.3 Å². The number of nitrogens with two attached hydrogens (primary N) is 1. The van der Waals surface area contributed by atoms with Crippen LogP contribution < -0.4 is 16.4 Å². The van der Waals surface area contributed by atoms with E-state index in [2.05, 4.69) is 24.5 Å². The fourth-order valence-electron chi connectivity index (χ4n) is 3.76. The zero-order valence-electron chi connectivity index (χ0n) is 21.4. The Bertz CT molecular complexity index is 406. The van der Waals surface area contributed by atoms with Crippen LogP contribution in [0.25, 0.3) is 0 Å². The molecule has 0 spiro atoms. The summed E-state index contributed by atoms with van der Waals surface area (Å²) >= 11 is 0. The standard InChI is InChI=1S/C26H54N4O2/c1-3-5-7-9-11-17-25(31)30(26(32)18-12-10-8-6-4-2)24-16-23-29-21-14-13-20-28-22-15-19-27/h28-29H,3-24,27H2,1-2H3. The SMILES string of the molecule is CCCCCCCC(=O)N(CCCNCCCCNCCCN)C(=O)CCCCCCC. The minimum absolute atomic E-state index is 0.0311. The molecule has 0 saturated heterocycles. The summed E-state index contributed by atoms with van der Waals surface area (Å²) in [4.78, 5) is 27.0. The number of rotatable bonds is 24. The second-order valence-electron chi connectivity index (χ2n) is 8.97. The first-order valence-electron chi connectivity index (χ1n) is 13.6. The number of nitrogens with one attached hydrogen (secondary N) is 2. The largest absolute Gasteiger partial charge is 0.330 e. The highest BCUT2D eigenvalue weighted by Gasteiger charge is 2.20. The minimum Gasteiger partial charge on any atom is -0.330 e. The molecule has 6 heteroatoms. The Labute approximate surface area is 198 Å². The van der Waals surface area contributed by atoms with E-state index in [1.165, 1.54) is 38.5 Å². The molecule has 4 N–H and O–H groups in total. The molecule has 0 heterocycles. The molecular formula is C26H54N4O2. The van der Waals surface area contributed by atoms with Crippen molar-refractivity contribution in [1.29, 1.82) is 0 Å². The maximum atomic E-state index is 12.7.